The molecule has 12 heavy (non-hydrogen) atoms. The Morgan fingerprint density at radius 2 is 0.833 bits per heavy atom. The molecule has 0 amide bonds. The van der Waals surface area contributed by atoms with E-state index in [1.807, 2.05) is 0 Å². The van der Waals surface area contributed by atoms with Crippen LogP contribution in [0, 0.1) is 0 Å². The quantitative estimate of drug-likeness (QED) is 0.542. The standard InChI is InChI=1S/C12H22/c1-9(2)11(5)7-8-12(6)10(3)4/h7-8H2,1-6H3. The molecule has 0 aromatic heterocycles. The normalized spacial score (nSPS) is 9.50. The summed E-state index contributed by atoms with van der Waals surface area (Å²) in [6.07, 6.45) is 2.44. The van der Waals surface area contributed by atoms with Gasteiger partial charge < -0.3 is 0 Å². The molecule has 0 heterocycles. The molecule has 70 valence electrons. The second-order valence-electron chi connectivity index (χ2n) is 4.06. The minimum atomic E-state index is 1.22. The topological polar surface area (TPSA) is 0 Å². The average Bonchev–Trinajstić information content (AvgIpc) is 1.98. The monoisotopic (exact) mass is 166 g/mol. The molecule has 0 spiro atoms. The van der Waals surface area contributed by atoms with Crippen LogP contribution in [-0.2, 0) is 0 Å². The summed E-state index contributed by atoms with van der Waals surface area (Å²) in [5.74, 6) is 0. The van der Waals surface area contributed by atoms with E-state index < -0.39 is 0 Å². The van der Waals surface area contributed by atoms with Gasteiger partial charge in [-0.1, -0.05) is 22.3 Å². The molecule has 0 unspecified atom stereocenters. The lowest BCUT2D eigenvalue weighted by atomic mass is 10.0. The fourth-order valence-corrected chi connectivity index (χ4v) is 0.875. The molecular weight excluding hydrogens is 144 g/mol. The summed E-state index contributed by atoms with van der Waals surface area (Å²) >= 11 is 0. The highest BCUT2D eigenvalue weighted by atomic mass is 14.0. The van der Waals surface area contributed by atoms with Crippen molar-refractivity contribution >= 4 is 0 Å². The summed E-state index contributed by atoms with van der Waals surface area (Å²) in [6, 6.07) is 0. The first-order valence-electron chi connectivity index (χ1n) is 4.71. The largest absolute Gasteiger partial charge is 0.0775 e. The van der Waals surface area contributed by atoms with E-state index >= 15 is 0 Å². The van der Waals surface area contributed by atoms with Crippen molar-refractivity contribution in [2.24, 2.45) is 0 Å². The number of hydrogen-bond donors (Lipinski definition) is 0. The lowest BCUT2D eigenvalue weighted by Gasteiger charge is -2.05. The molecule has 0 aliphatic heterocycles. The van der Waals surface area contributed by atoms with Crippen molar-refractivity contribution in [2.75, 3.05) is 0 Å². The van der Waals surface area contributed by atoms with Crippen LogP contribution in [0.1, 0.15) is 54.4 Å². The van der Waals surface area contributed by atoms with E-state index in [9.17, 15) is 0 Å². The van der Waals surface area contributed by atoms with Crippen LogP contribution in [0.25, 0.3) is 0 Å². The van der Waals surface area contributed by atoms with Gasteiger partial charge in [-0.25, -0.2) is 0 Å². The highest BCUT2D eigenvalue weighted by molar-refractivity contribution is 5.12. The summed E-state index contributed by atoms with van der Waals surface area (Å²) in [7, 11) is 0. The Hall–Kier alpha value is -0.520. The molecule has 0 nitrogen and oxygen atoms in total. The maximum atomic E-state index is 2.23. The van der Waals surface area contributed by atoms with Crippen LogP contribution in [0.3, 0.4) is 0 Å². The van der Waals surface area contributed by atoms with Gasteiger partial charge >= 0.3 is 0 Å². The van der Waals surface area contributed by atoms with Crippen molar-refractivity contribution in [3.05, 3.63) is 22.3 Å². The van der Waals surface area contributed by atoms with Crippen molar-refractivity contribution in [3.8, 4) is 0 Å². The summed E-state index contributed by atoms with van der Waals surface area (Å²) in [5.41, 5.74) is 6.01. The van der Waals surface area contributed by atoms with Crippen LogP contribution < -0.4 is 0 Å². The molecule has 0 bridgehead atoms. The molecular formula is C12H22. The van der Waals surface area contributed by atoms with E-state index in [0.29, 0.717) is 0 Å². The molecule has 0 rings (SSSR count). The van der Waals surface area contributed by atoms with Gasteiger partial charge in [-0.3, -0.25) is 0 Å². The lowest BCUT2D eigenvalue weighted by molar-refractivity contribution is 0.893. The maximum absolute atomic E-state index is 2.23. The zero-order valence-electron chi connectivity index (χ0n) is 9.41. The number of rotatable bonds is 3. The van der Waals surface area contributed by atoms with Crippen molar-refractivity contribution in [3.63, 3.8) is 0 Å². The van der Waals surface area contributed by atoms with Crippen molar-refractivity contribution < 1.29 is 0 Å². The fraction of sp³-hybridized carbons (Fsp3) is 0.667. The zero-order valence-corrected chi connectivity index (χ0v) is 9.41. The van der Waals surface area contributed by atoms with Gasteiger partial charge in [0.2, 0.25) is 0 Å². The Labute approximate surface area is 77.4 Å². The zero-order chi connectivity index (χ0) is 9.72. The van der Waals surface area contributed by atoms with Gasteiger partial charge in [0.1, 0.15) is 0 Å². The van der Waals surface area contributed by atoms with E-state index in [1.54, 1.807) is 0 Å². The van der Waals surface area contributed by atoms with Crippen molar-refractivity contribution in [2.45, 2.75) is 54.4 Å². The minimum Gasteiger partial charge on any atom is -0.0775 e. The highest BCUT2D eigenvalue weighted by Crippen LogP contribution is 2.16. The molecule has 0 atom stereocenters. The molecule has 0 aliphatic rings. The Balaban J connectivity index is 4.03. The van der Waals surface area contributed by atoms with Crippen LogP contribution >= 0.6 is 0 Å². The van der Waals surface area contributed by atoms with E-state index in [0.717, 1.165) is 0 Å². The minimum absolute atomic E-state index is 1.22. The molecule has 0 saturated carbocycles. The predicted molar refractivity (Wildman–Crippen MR) is 57.3 cm³/mol. The lowest BCUT2D eigenvalue weighted by Crippen LogP contribution is -1.85. The Morgan fingerprint density at radius 3 is 1.00 bits per heavy atom. The van der Waals surface area contributed by atoms with E-state index in [-0.39, 0.29) is 0 Å². The van der Waals surface area contributed by atoms with Crippen LogP contribution in [0.15, 0.2) is 22.3 Å². The van der Waals surface area contributed by atoms with Gasteiger partial charge in [0, 0.05) is 0 Å². The second-order valence-corrected chi connectivity index (χ2v) is 4.06. The molecule has 0 radical (unpaired) electrons. The molecule has 0 aromatic rings. The van der Waals surface area contributed by atoms with E-state index in [1.165, 1.54) is 35.1 Å². The van der Waals surface area contributed by atoms with Crippen LogP contribution in [0.5, 0.6) is 0 Å². The first kappa shape index (κ1) is 11.5. The molecule has 0 fully saturated rings. The van der Waals surface area contributed by atoms with Gasteiger partial charge in [0.25, 0.3) is 0 Å². The summed E-state index contributed by atoms with van der Waals surface area (Å²) in [6.45, 7) is 13.2. The van der Waals surface area contributed by atoms with E-state index in [4.69, 9.17) is 0 Å². The maximum Gasteiger partial charge on any atom is -0.0283 e. The van der Waals surface area contributed by atoms with E-state index in [2.05, 4.69) is 41.5 Å². The van der Waals surface area contributed by atoms with Crippen molar-refractivity contribution in [1.82, 2.24) is 0 Å². The molecule has 0 N–H and O–H groups in total. The Bertz CT molecular complexity index is 172. The first-order chi connectivity index (χ1) is 5.45. The molecule has 0 saturated heterocycles. The molecule has 0 aromatic carbocycles. The van der Waals surface area contributed by atoms with Crippen LogP contribution in [0.4, 0.5) is 0 Å². The summed E-state index contributed by atoms with van der Waals surface area (Å²) in [5, 5.41) is 0. The second kappa shape index (κ2) is 5.18. The van der Waals surface area contributed by atoms with Gasteiger partial charge in [0.15, 0.2) is 0 Å². The Kier molecular flexibility index (Phi) is 4.96. The third-order valence-corrected chi connectivity index (χ3v) is 2.58. The summed E-state index contributed by atoms with van der Waals surface area (Å²) in [4.78, 5) is 0. The predicted octanol–water partition coefficient (Wildman–Crippen LogP) is 4.48. The van der Waals surface area contributed by atoms with Crippen LogP contribution in [0.2, 0.25) is 0 Å². The molecule has 0 aliphatic carbocycles. The first-order valence-corrected chi connectivity index (χ1v) is 4.71. The third-order valence-electron chi connectivity index (χ3n) is 2.58. The smallest absolute Gasteiger partial charge is 0.0283 e. The number of hydrogen-bond acceptors (Lipinski definition) is 0. The highest BCUT2D eigenvalue weighted by Gasteiger charge is 1.95. The molecule has 0 heteroatoms. The fourth-order valence-electron chi connectivity index (χ4n) is 0.875. The average molecular weight is 166 g/mol. The summed E-state index contributed by atoms with van der Waals surface area (Å²) < 4.78 is 0. The third kappa shape index (κ3) is 4.38. The van der Waals surface area contributed by atoms with Gasteiger partial charge in [-0.2, -0.15) is 0 Å². The number of allylic oxidation sites excluding steroid dienone is 4. The van der Waals surface area contributed by atoms with Crippen LogP contribution in [-0.4, -0.2) is 0 Å². The van der Waals surface area contributed by atoms with Gasteiger partial charge in [-0.15, -0.1) is 0 Å². The SMILES string of the molecule is CC(C)=C(C)CCC(C)=C(C)C. The Morgan fingerprint density at radius 1 is 0.583 bits per heavy atom. The van der Waals surface area contributed by atoms with Gasteiger partial charge in [-0.05, 0) is 54.4 Å². The van der Waals surface area contributed by atoms with Crippen molar-refractivity contribution in [1.29, 1.82) is 0 Å². The van der Waals surface area contributed by atoms with Gasteiger partial charge in [0.05, 0.1) is 0 Å².